The van der Waals surface area contributed by atoms with Crippen molar-refractivity contribution in [3.8, 4) is 0 Å². The molecule has 0 spiro atoms. The molecule has 1 aromatic rings. The summed E-state index contributed by atoms with van der Waals surface area (Å²) in [4.78, 5) is 22.9. The SMILES string of the molecule is CC(C)(C)OC(=O)N1CCC(C2=NC(c3cccc(F)c3)=NC2)CC1. The number of hydrogen-bond donors (Lipinski definition) is 0. The van der Waals surface area contributed by atoms with Crippen molar-refractivity contribution in [1.82, 2.24) is 4.90 Å². The standard InChI is InChI=1S/C19H24FN3O2/c1-19(2,3)25-18(24)23-9-7-13(8-10-23)16-12-21-17(22-16)14-5-4-6-15(20)11-14/h4-6,11,13H,7-10,12H2,1-3H3. The molecular formula is C19H24FN3O2. The third-order valence-electron chi connectivity index (χ3n) is 4.34. The van der Waals surface area contributed by atoms with E-state index in [0.29, 0.717) is 37.0 Å². The average molecular weight is 345 g/mol. The van der Waals surface area contributed by atoms with Crippen LogP contribution in [0.15, 0.2) is 34.3 Å². The average Bonchev–Trinajstić information content (AvgIpc) is 3.03. The van der Waals surface area contributed by atoms with Gasteiger partial charge in [-0.15, -0.1) is 0 Å². The van der Waals surface area contributed by atoms with Crippen LogP contribution in [0.2, 0.25) is 0 Å². The predicted molar refractivity (Wildman–Crippen MR) is 95.8 cm³/mol. The number of halogens is 1. The molecule has 1 saturated heterocycles. The van der Waals surface area contributed by atoms with Gasteiger partial charge in [-0.05, 0) is 45.7 Å². The number of aliphatic imine (C=N–C) groups is 2. The number of carbonyl (C=O) groups excluding carboxylic acids is 1. The minimum atomic E-state index is -0.475. The van der Waals surface area contributed by atoms with Crippen LogP contribution in [0, 0.1) is 11.7 Å². The van der Waals surface area contributed by atoms with Crippen LogP contribution in [0.3, 0.4) is 0 Å². The number of likely N-dealkylation sites (tertiary alicyclic amines) is 1. The molecule has 6 heteroatoms. The van der Waals surface area contributed by atoms with Crippen LogP contribution < -0.4 is 0 Å². The van der Waals surface area contributed by atoms with Crippen molar-refractivity contribution in [1.29, 1.82) is 0 Å². The highest BCUT2D eigenvalue weighted by molar-refractivity contribution is 6.12. The zero-order chi connectivity index (χ0) is 18.0. The van der Waals surface area contributed by atoms with Crippen LogP contribution >= 0.6 is 0 Å². The van der Waals surface area contributed by atoms with Gasteiger partial charge >= 0.3 is 6.09 Å². The lowest BCUT2D eigenvalue weighted by Crippen LogP contribution is -2.43. The molecule has 2 heterocycles. The molecule has 0 bridgehead atoms. The van der Waals surface area contributed by atoms with Gasteiger partial charge < -0.3 is 9.64 Å². The van der Waals surface area contributed by atoms with E-state index in [1.165, 1.54) is 12.1 Å². The van der Waals surface area contributed by atoms with Crippen molar-refractivity contribution in [2.45, 2.75) is 39.2 Å². The van der Waals surface area contributed by atoms with Crippen molar-refractivity contribution in [2.75, 3.05) is 19.6 Å². The highest BCUT2D eigenvalue weighted by atomic mass is 19.1. The summed E-state index contributed by atoms with van der Waals surface area (Å²) in [6.45, 7) is 7.49. The molecule has 2 aliphatic rings. The van der Waals surface area contributed by atoms with Gasteiger partial charge in [0.25, 0.3) is 0 Å². The fourth-order valence-corrected chi connectivity index (χ4v) is 3.09. The molecule has 0 saturated carbocycles. The smallest absolute Gasteiger partial charge is 0.410 e. The summed E-state index contributed by atoms with van der Waals surface area (Å²) in [6, 6.07) is 6.35. The second kappa shape index (κ2) is 6.94. The molecule has 3 rings (SSSR count). The fraction of sp³-hybridized carbons (Fsp3) is 0.526. The number of amides is 1. The zero-order valence-corrected chi connectivity index (χ0v) is 15.0. The van der Waals surface area contributed by atoms with Crippen molar-refractivity contribution in [2.24, 2.45) is 15.9 Å². The Morgan fingerprint density at radius 1 is 1.28 bits per heavy atom. The van der Waals surface area contributed by atoms with E-state index in [0.717, 1.165) is 18.6 Å². The molecular weight excluding hydrogens is 321 g/mol. The second-order valence-electron chi connectivity index (χ2n) is 7.49. The first kappa shape index (κ1) is 17.6. The van der Waals surface area contributed by atoms with E-state index < -0.39 is 5.60 Å². The number of piperidine rings is 1. The second-order valence-corrected chi connectivity index (χ2v) is 7.49. The molecule has 0 radical (unpaired) electrons. The molecule has 0 N–H and O–H groups in total. The Hall–Kier alpha value is -2.24. The van der Waals surface area contributed by atoms with Crippen molar-refractivity contribution in [3.05, 3.63) is 35.6 Å². The minimum Gasteiger partial charge on any atom is -0.444 e. The Kier molecular flexibility index (Phi) is 4.88. The van der Waals surface area contributed by atoms with E-state index >= 15 is 0 Å². The minimum absolute atomic E-state index is 0.254. The molecule has 134 valence electrons. The first-order valence-electron chi connectivity index (χ1n) is 8.67. The van der Waals surface area contributed by atoms with Crippen LogP contribution in [0.25, 0.3) is 0 Å². The summed E-state index contributed by atoms with van der Waals surface area (Å²) in [5.74, 6) is 0.632. The number of rotatable bonds is 2. The molecule has 1 fully saturated rings. The largest absolute Gasteiger partial charge is 0.444 e. The van der Waals surface area contributed by atoms with Crippen LogP contribution in [0.1, 0.15) is 39.2 Å². The maximum Gasteiger partial charge on any atom is 0.410 e. The molecule has 0 aliphatic carbocycles. The van der Waals surface area contributed by atoms with Crippen molar-refractivity contribution in [3.63, 3.8) is 0 Å². The lowest BCUT2D eigenvalue weighted by atomic mass is 9.92. The van der Waals surface area contributed by atoms with Crippen molar-refractivity contribution < 1.29 is 13.9 Å². The van der Waals surface area contributed by atoms with Crippen molar-refractivity contribution >= 4 is 17.6 Å². The number of nitrogens with zero attached hydrogens (tertiary/aromatic N) is 3. The number of hydrogen-bond acceptors (Lipinski definition) is 4. The van der Waals surface area contributed by atoms with Crippen LogP contribution in [-0.4, -0.2) is 47.8 Å². The maximum absolute atomic E-state index is 13.4. The number of amidine groups is 1. The molecule has 0 atom stereocenters. The van der Waals surface area contributed by atoms with Crippen LogP contribution in [0.4, 0.5) is 9.18 Å². The third kappa shape index (κ3) is 4.44. The molecule has 2 aliphatic heterocycles. The topological polar surface area (TPSA) is 54.3 Å². The molecule has 5 nitrogen and oxygen atoms in total. The highest BCUT2D eigenvalue weighted by Crippen LogP contribution is 2.23. The summed E-state index contributed by atoms with van der Waals surface area (Å²) >= 11 is 0. The zero-order valence-electron chi connectivity index (χ0n) is 15.0. The summed E-state index contributed by atoms with van der Waals surface area (Å²) in [5.41, 5.74) is 1.27. The number of ether oxygens (including phenoxy) is 1. The molecule has 0 aromatic heterocycles. The Balaban J connectivity index is 1.57. The van der Waals surface area contributed by atoms with E-state index in [4.69, 9.17) is 4.74 Å². The lowest BCUT2D eigenvalue weighted by molar-refractivity contribution is 0.0201. The molecule has 1 aromatic carbocycles. The van der Waals surface area contributed by atoms with Gasteiger partial charge in [0.2, 0.25) is 0 Å². The summed E-state index contributed by atoms with van der Waals surface area (Å²) in [5, 5.41) is 0. The third-order valence-corrected chi connectivity index (χ3v) is 4.34. The van der Waals surface area contributed by atoms with Gasteiger partial charge in [0, 0.05) is 30.3 Å². The van der Waals surface area contributed by atoms with E-state index in [9.17, 15) is 9.18 Å². The van der Waals surface area contributed by atoms with Gasteiger partial charge in [-0.1, -0.05) is 12.1 Å². The van der Waals surface area contributed by atoms with Crippen LogP contribution in [-0.2, 0) is 4.74 Å². The number of benzene rings is 1. The van der Waals surface area contributed by atoms with Gasteiger partial charge in [0.15, 0.2) is 5.84 Å². The Labute approximate surface area is 147 Å². The summed E-state index contributed by atoms with van der Waals surface area (Å²) in [6.07, 6.45) is 1.45. The normalized spacial score (nSPS) is 18.8. The Morgan fingerprint density at radius 3 is 2.64 bits per heavy atom. The van der Waals surface area contributed by atoms with Gasteiger partial charge in [0.1, 0.15) is 11.4 Å². The maximum atomic E-state index is 13.4. The summed E-state index contributed by atoms with van der Waals surface area (Å²) < 4.78 is 18.8. The first-order valence-corrected chi connectivity index (χ1v) is 8.67. The van der Waals surface area contributed by atoms with Gasteiger partial charge in [-0.2, -0.15) is 0 Å². The predicted octanol–water partition coefficient (Wildman–Crippen LogP) is 3.67. The van der Waals surface area contributed by atoms with Gasteiger partial charge in [0.05, 0.1) is 6.54 Å². The highest BCUT2D eigenvalue weighted by Gasteiger charge is 2.30. The molecule has 1 amide bonds. The first-order chi connectivity index (χ1) is 11.8. The Morgan fingerprint density at radius 2 is 2.00 bits per heavy atom. The quantitative estimate of drug-likeness (QED) is 0.821. The van der Waals surface area contributed by atoms with E-state index in [1.54, 1.807) is 11.0 Å². The van der Waals surface area contributed by atoms with E-state index in [2.05, 4.69) is 9.98 Å². The van der Waals surface area contributed by atoms with Gasteiger partial charge in [-0.3, -0.25) is 4.99 Å². The van der Waals surface area contributed by atoms with Crippen LogP contribution in [0.5, 0.6) is 0 Å². The Bertz CT molecular complexity index is 714. The lowest BCUT2D eigenvalue weighted by Gasteiger charge is -2.33. The van der Waals surface area contributed by atoms with E-state index in [1.807, 2.05) is 26.8 Å². The fourth-order valence-electron chi connectivity index (χ4n) is 3.09. The molecule has 0 unspecified atom stereocenters. The van der Waals surface area contributed by atoms with E-state index in [-0.39, 0.29) is 11.9 Å². The van der Waals surface area contributed by atoms with Gasteiger partial charge in [-0.25, -0.2) is 14.2 Å². The molecule has 25 heavy (non-hydrogen) atoms. The number of carbonyl (C=O) groups is 1. The monoisotopic (exact) mass is 345 g/mol. The summed E-state index contributed by atoms with van der Waals surface area (Å²) in [7, 11) is 0.